The van der Waals surface area contributed by atoms with E-state index in [0.29, 0.717) is 22.5 Å². The fourth-order valence-electron chi connectivity index (χ4n) is 2.73. The monoisotopic (exact) mass is 419 g/mol. The number of carbonyl (C=O) groups is 1. The van der Waals surface area contributed by atoms with Crippen LogP contribution in [0.15, 0.2) is 87.0 Å². The molecule has 2 heterocycles. The lowest BCUT2D eigenvalue weighted by atomic mass is 10.1. The van der Waals surface area contributed by atoms with Gasteiger partial charge in [0.15, 0.2) is 5.76 Å². The SMILES string of the molecule is O=C(N/N=C\c1cccc(Br)c1)c1cc(-c2ccco2)nc2ccccc12. The standard InChI is InChI=1S/C21H14BrN3O2/c22-15-6-3-5-14(11-15)13-23-25-21(26)17-12-19(20-9-4-10-27-20)24-18-8-2-1-7-16(17)18/h1-13H,(H,25,26)/b23-13-. The Balaban J connectivity index is 1.66. The summed E-state index contributed by atoms with van der Waals surface area (Å²) in [6.07, 6.45) is 3.17. The van der Waals surface area contributed by atoms with Crippen LogP contribution in [0.3, 0.4) is 0 Å². The van der Waals surface area contributed by atoms with Crippen molar-refractivity contribution in [3.05, 3.63) is 88.6 Å². The summed E-state index contributed by atoms with van der Waals surface area (Å²) >= 11 is 3.41. The molecule has 2 aromatic carbocycles. The van der Waals surface area contributed by atoms with Crippen LogP contribution >= 0.6 is 15.9 Å². The minimum absolute atomic E-state index is 0.312. The number of pyridine rings is 1. The van der Waals surface area contributed by atoms with E-state index in [1.165, 1.54) is 0 Å². The average molecular weight is 420 g/mol. The van der Waals surface area contributed by atoms with Crippen LogP contribution < -0.4 is 5.43 Å². The summed E-state index contributed by atoms with van der Waals surface area (Å²) in [6, 6.07) is 20.4. The molecule has 1 amide bonds. The first-order valence-electron chi connectivity index (χ1n) is 8.23. The second-order valence-electron chi connectivity index (χ2n) is 5.80. The summed E-state index contributed by atoms with van der Waals surface area (Å²) in [5, 5.41) is 4.82. The second-order valence-corrected chi connectivity index (χ2v) is 6.72. The lowest BCUT2D eigenvalue weighted by molar-refractivity contribution is 0.0957. The smallest absolute Gasteiger partial charge is 0.272 e. The third-order valence-electron chi connectivity index (χ3n) is 3.96. The number of aromatic nitrogens is 1. The zero-order chi connectivity index (χ0) is 18.6. The quantitative estimate of drug-likeness (QED) is 0.372. The van der Waals surface area contributed by atoms with Gasteiger partial charge in [-0.3, -0.25) is 4.79 Å². The third-order valence-corrected chi connectivity index (χ3v) is 4.46. The van der Waals surface area contributed by atoms with Crippen LogP contribution in [0, 0.1) is 0 Å². The summed E-state index contributed by atoms with van der Waals surface area (Å²) in [7, 11) is 0. The minimum Gasteiger partial charge on any atom is -0.463 e. The van der Waals surface area contributed by atoms with E-state index in [-0.39, 0.29) is 5.91 Å². The summed E-state index contributed by atoms with van der Waals surface area (Å²) in [5.41, 5.74) is 5.26. The van der Waals surface area contributed by atoms with Crippen LogP contribution in [0.25, 0.3) is 22.4 Å². The molecule has 4 aromatic rings. The van der Waals surface area contributed by atoms with E-state index in [9.17, 15) is 4.79 Å². The Kier molecular flexibility index (Phi) is 4.80. The molecule has 0 bridgehead atoms. The Hall–Kier alpha value is -3.25. The van der Waals surface area contributed by atoms with Crippen molar-refractivity contribution in [3.8, 4) is 11.5 Å². The highest BCUT2D eigenvalue weighted by atomic mass is 79.9. The minimum atomic E-state index is -0.312. The summed E-state index contributed by atoms with van der Waals surface area (Å²) in [5.74, 6) is 0.292. The van der Waals surface area contributed by atoms with E-state index in [1.807, 2.05) is 54.6 Å². The van der Waals surface area contributed by atoms with Crippen LogP contribution in [0.5, 0.6) is 0 Å². The Bertz CT molecular complexity index is 1140. The topological polar surface area (TPSA) is 67.5 Å². The normalized spacial score (nSPS) is 11.1. The second kappa shape index (κ2) is 7.55. The fourth-order valence-corrected chi connectivity index (χ4v) is 3.14. The van der Waals surface area contributed by atoms with E-state index >= 15 is 0 Å². The van der Waals surface area contributed by atoms with Gasteiger partial charge in [0.25, 0.3) is 5.91 Å². The van der Waals surface area contributed by atoms with Gasteiger partial charge in [-0.2, -0.15) is 5.10 Å². The van der Waals surface area contributed by atoms with Crippen molar-refractivity contribution in [2.45, 2.75) is 0 Å². The lowest BCUT2D eigenvalue weighted by Gasteiger charge is -2.07. The highest BCUT2D eigenvalue weighted by molar-refractivity contribution is 9.10. The van der Waals surface area contributed by atoms with Crippen LogP contribution in [-0.4, -0.2) is 17.1 Å². The average Bonchev–Trinajstić information content (AvgIpc) is 3.22. The number of hydrogen-bond donors (Lipinski definition) is 1. The molecule has 0 fully saturated rings. The van der Waals surface area contributed by atoms with Crippen LogP contribution in [0.4, 0.5) is 0 Å². The number of rotatable bonds is 4. The first kappa shape index (κ1) is 17.2. The summed E-state index contributed by atoms with van der Waals surface area (Å²) in [4.78, 5) is 17.3. The molecule has 0 spiro atoms. The molecule has 0 aliphatic heterocycles. The lowest BCUT2D eigenvalue weighted by Crippen LogP contribution is -2.18. The zero-order valence-corrected chi connectivity index (χ0v) is 15.7. The maximum atomic E-state index is 12.7. The number of fused-ring (bicyclic) bond motifs is 1. The molecule has 0 aliphatic rings. The van der Waals surface area contributed by atoms with Gasteiger partial charge in [-0.25, -0.2) is 10.4 Å². The molecule has 0 saturated heterocycles. The number of nitrogens with zero attached hydrogens (tertiary/aromatic N) is 2. The zero-order valence-electron chi connectivity index (χ0n) is 14.1. The van der Waals surface area contributed by atoms with Gasteiger partial charge in [0.2, 0.25) is 0 Å². The first-order chi connectivity index (χ1) is 13.2. The van der Waals surface area contributed by atoms with E-state index in [0.717, 1.165) is 15.4 Å². The van der Waals surface area contributed by atoms with Gasteiger partial charge in [-0.1, -0.05) is 46.3 Å². The fraction of sp³-hybridized carbons (Fsp3) is 0. The van der Waals surface area contributed by atoms with E-state index in [2.05, 4.69) is 31.4 Å². The van der Waals surface area contributed by atoms with Crippen molar-refractivity contribution in [3.63, 3.8) is 0 Å². The Morgan fingerprint density at radius 2 is 1.96 bits per heavy atom. The summed E-state index contributed by atoms with van der Waals surface area (Å²) in [6.45, 7) is 0. The van der Waals surface area contributed by atoms with Crippen molar-refractivity contribution in [1.29, 1.82) is 0 Å². The maximum Gasteiger partial charge on any atom is 0.272 e. The molecular weight excluding hydrogens is 406 g/mol. The molecule has 132 valence electrons. The highest BCUT2D eigenvalue weighted by Crippen LogP contribution is 2.25. The molecule has 27 heavy (non-hydrogen) atoms. The van der Waals surface area contributed by atoms with Crippen molar-refractivity contribution in [1.82, 2.24) is 10.4 Å². The Morgan fingerprint density at radius 1 is 1.07 bits per heavy atom. The molecule has 0 unspecified atom stereocenters. The van der Waals surface area contributed by atoms with Gasteiger partial charge in [-0.05, 0) is 42.0 Å². The van der Waals surface area contributed by atoms with E-state index < -0.39 is 0 Å². The molecule has 5 nitrogen and oxygen atoms in total. The Morgan fingerprint density at radius 3 is 2.78 bits per heavy atom. The van der Waals surface area contributed by atoms with E-state index in [1.54, 1.807) is 24.6 Å². The number of halogens is 1. The number of para-hydroxylation sites is 1. The molecule has 0 atom stereocenters. The summed E-state index contributed by atoms with van der Waals surface area (Å²) < 4.78 is 6.37. The predicted octanol–water partition coefficient (Wildman–Crippen LogP) is 5.02. The van der Waals surface area contributed by atoms with Crippen molar-refractivity contribution < 1.29 is 9.21 Å². The molecule has 0 radical (unpaired) electrons. The van der Waals surface area contributed by atoms with Gasteiger partial charge in [0.05, 0.1) is 23.6 Å². The van der Waals surface area contributed by atoms with Crippen LogP contribution in [0.2, 0.25) is 0 Å². The van der Waals surface area contributed by atoms with Gasteiger partial charge in [0.1, 0.15) is 5.69 Å². The number of carbonyl (C=O) groups excluding carboxylic acids is 1. The highest BCUT2D eigenvalue weighted by Gasteiger charge is 2.14. The number of nitrogens with one attached hydrogen (secondary N) is 1. The van der Waals surface area contributed by atoms with E-state index in [4.69, 9.17) is 4.42 Å². The molecule has 1 N–H and O–H groups in total. The third kappa shape index (κ3) is 3.80. The molecule has 6 heteroatoms. The van der Waals surface area contributed by atoms with Crippen LogP contribution in [0.1, 0.15) is 15.9 Å². The predicted molar refractivity (Wildman–Crippen MR) is 109 cm³/mol. The Labute approximate surface area is 163 Å². The number of benzene rings is 2. The molecular formula is C21H14BrN3O2. The number of hydrogen-bond acceptors (Lipinski definition) is 4. The van der Waals surface area contributed by atoms with Crippen molar-refractivity contribution >= 4 is 39.0 Å². The van der Waals surface area contributed by atoms with Gasteiger partial charge in [0, 0.05) is 9.86 Å². The number of amides is 1. The maximum absolute atomic E-state index is 12.7. The molecule has 4 rings (SSSR count). The molecule has 2 aromatic heterocycles. The largest absolute Gasteiger partial charge is 0.463 e. The molecule has 0 saturated carbocycles. The number of hydrazone groups is 1. The van der Waals surface area contributed by atoms with Crippen molar-refractivity contribution in [2.24, 2.45) is 5.10 Å². The van der Waals surface area contributed by atoms with Crippen molar-refractivity contribution in [2.75, 3.05) is 0 Å². The van der Waals surface area contributed by atoms with Crippen LogP contribution in [-0.2, 0) is 0 Å². The van der Waals surface area contributed by atoms with Gasteiger partial charge >= 0.3 is 0 Å². The first-order valence-corrected chi connectivity index (χ1v) is 9.03. The number of furan rings is 1. The van der Waals surface area contributed by atoms with Gasteiger partial charge in [-0.15, -0.1) is 0 Å². The molecule has 0 aliphatic carbocycles. The van der Waals surface area contributed by atoms with Gasteiger partial charge < -0.3 is 4.42 Å².